The van der Waals surface area contributed by atoms with Crippen molar-refractivity contribution >= 4 is 11.6 Å². The number of allylic oxidation sites excluding steroid dienone is 2. The van der Waals surface area contributed by atoms with Gasteiger partial charge < -0.3 is 0 Å². The third-order valence-electron chi connectivity index (χ3n) is 8.32. The monoisotopic (exact) mass is 314 g/mol. The van der Waals surface area contributed by atoms with Crippen LogP contribution in [-0.4, -0.2) is 11.6 Å². The normalized spacial score (nSPS) is 49.3. The summed E-state index contributed by atoms with van der Waals surface area (Å²) in [4.78, 5) is 24.8. The molecule has 6 atom stereocenters. The molecule has 3 saturated carbocycles. The summed E-state index contributed by atoms with van der Waals surface area (Å²) in [6.07, 6.45) is 10.4. The van der Waals surface area contributed by atoms with E-state index in [1.165, 1.54) is 12.0 Å². The fourth-order valence-electron chi connectivity index (χ4n) is 6.81. The second kappa shape index (κ2) is 5.04. The molecule has 0 spiro atoms. The third-order valence-corrected chi connectivity index (χ3v) is 8.32. The summed E-state index contributed by atoms with van der Waals surface area (Å²) in [6, 6.07) is 0. The summed E-state index contributed by atoms with van der Waals surface area (Å²) >= 11 is 0. The Bertz CT molecular complexity index is 589. The van der Waals surface area contributed by atoms with Crippen LogP contribution in [0.2, 0.25) is 0 Å². The van der Waals surface area contributed by atoms with Crippen LogP contribution in [0.25, 0.3) is 0 Å². The van der Waals surface area contributed by atoms with Gasteiger partial charge in [-0.05, 0) is 61.7 Å². The number of hydrogen-bond acceptors (Lipinski definition) is 2. The SMILES string of the molecule is CCC1C[C@@]2(C)C(=CC[C@@H]3[C@@H]2CC[C@]2(C)C(=O)CC[C@@H]32)CC1=O. The first kappa shape index (κ1) is 15.6. The molecule has 4 rings (SSSR count). The summed E-state index contributed by atoms with van der Waals surface area (Å²) in [6.45, 7) is 6.84. The van der Waals surface area contributed by atoms with E-state index in [4.69, 9.17) is 0 Å². The van der Waals surface area contributed by atoms with Crippen molar-refractivity contribution in [2.24, 2.45) is 34.5 Å². The Hall–Kier alpha value is -0.920. The van der Waals surface area contributed by atoms with Crippen LogP contribution in [0.4, 0.5) is 0 Å². The van der Waals surface area contributed by atoms with Gasteiger partial charge in [-0.25, -0.2) is 0 Å². The Labute approximate surface area is 140 Å². The van der Waals surface area contributed by atoms with E-state index in [2.05, 4.69) is 26.8 Å². The van der Waals surface area contributed by atoms with Crippen molar-refractivity contribution in [1.82, 2.24) is 0 Å². The third kappa shape index (κ3) is 1.99. The van der Waals surface area contributed by atoms with Gasteiger partial charge in [0.25, 0.3) is 0 Å². The van der Waals surface area contributed by atoms with Gasteiger partial charge in [0.1, 0.15) is 11.6 Å². The zero-order valence-electron chi connectivity index (χ0n) is 14.9. The van der Waals surface area contributed by atoms with Gasteiger partial charge in [0, 0.05) is 24.2 Å². The Kier molecular flexibility index (Phi) is 3.42. The number of hydrogen-bond donors (Lipinski definition) is 0. The standard InChI is InChI=1S/C21H30O2/c1-4-13-12-21(3)14(11-18(13)22)5-6-15-16-7-8-19(23)20(16,2)10-9-17(15)21/h5,13,15-17H,4,6-12H2,1-3H3/t13?,15-,16-,17-,20-,21-/m0/s1. The molecule has 3 fully saturated rings. The molecule has 0 aromatic carbocycles. The second-order valence-electron chi connectivity index (χ2n) is 9.13. The van der Waals surface area contributed by atoms with Gasteiger partial charge in [-0.3, -0.25) is 9.59 Å². The molecule has 2 nitrogen and oxygen atoms in total. The molecule has 0 N–H and O–H groups in total. The molecule has 4 aliphatic carbocycles. The average molecular weight is 314 g/mol. The predicted octanol–water partition coefficient (Wildman–Crippen LogP) is 4.72. The minimum atomic E-state index is -0.0441. The van der Waals surface area contributed by atoms with E-state index < -0.39 is 0 Å². The van der Waals surface area contributed by atoms with Crippen LogP contribution < -0.4 is 0 Å². The Balaban J connectivity index is 1.70. The van der Waals surface area contributed by atoms with Crippen molar-refractivity contribution in [2.75, 3.05) is 0 Å². The quantitative estimate of drug-likeness (QED) is 0.656. The molecule has 0 aromatic heterocycles. The number of fused-ring (bicyclic) bond motifs is 5. The summed E-state index contributed by atoms with van der Waals surface area (Å²) in [5.41, 5.74) is 1.60. The van der Waals surface area contributed by atoms with E-state index >= 15 is 0 Å². The average Bonchev–Trinajstić information content (AvgIpc) is 2.83. The largest absolute Gasteiger partial charge is 0.299 e. The van der Waals surface area contributed by atoms with Gasteiger partial charge in [0.05, 0.1) is 0 Å². The lowest BCUT2D eigenvalue weighted by Gasteiger charge is -2.57. The van der Waals surface area contributed by atoms with E-state index in [9.17, 15) is 9.59 Å². The van der Waals surface area contributed by atoms with Crippen molar-refractivity contribution in [2.45, 2.75) is 72.1 Å². The van der Waals surface area contributed by atoms with Crippen molar-refractivity contribution in [3.63, 3.8) is 0 Å². The molecule has 0 amide bonds. The van der Waals surface area contributed by atoms with Crippen LogP contribution in [-0.2, 0) is 9.59 Å². The fourth-order valence-corrected chi connectivity index (χ4v) is 6.81. The highest BCUT2D eigenvalue weighted by molar-refractivity contribution is 5.87. The molecule has 4 aliphatic rings. The summed E-state index contributed by atoms with van der Waals surface area (Å²) in [5, 5.41) is 0. The molecule has 0 aliphatic heterocycles. The smallest absolute Gasteiger partial charge is 0.140 e. The molecule has 0 saturated heterocycles. The van der Waals surface area contributed by atoms with E-state index in [1.807, 2.05) is 0 Å². The first-order chi connectivity index (χ1) is 10.9. The van der Waals surface area contributed by atoms with E-state index in [0.717, 1.165) is 38.5 Å². The molecule has 126 valence electrons. The highest BCUT2D eigenvalue weighted by atomic mass is 16.1. The van der Waals surface area contributed by atoms with Crippen LogP contribution in [0.15, 0.2) is 11.6 Å². The fraction of sp³-hybridized carbons (Fsp3) is 0.810. The summed E-state index contributed by atoms with van der Waals surface area (Å²) in [7, 11) is 0. The van der Waals surface area contributed by atoms with Gasteiger partial charge in [-0.15, -0.1) is 0 Å². The molecular weight excluding hydrogens is 284 g/mol. The summed E-state index contributed by atoms with van der Waals surface area (Å²) in [5.74, 6) is 3.18. The lowest BCUT2D eigenvalue weighted by Crippen LogP contribution is -2.51. The van der Waals surface area contributed by atoms with Crippen molar-refractivity contribution < 1.29 is 9.59 Å². The Morgan fingerprint density at radius 3 is 2.61 bits per heavy atom. The minimum Gasteiger partial charge on any atom is -0.299 e. The van der Waals surface area contributed by atoms with Crippen LogP contribution in [0.5, 0.6) is 0 Å². The highest BCUT2D eigenvalue weighted by Gasteiger charge is 2.59. The zero-order chi connectivity index (χ0) is 16.4. The molecular formula is C21H30O2. The number of carbonyl (C=O) groups excluding carboxylic acids is 2. The van der Waals surface area contributed by atoms with Crippen LogP contribution in [0.3, 0.4) is 0 Å². The molecule has 0 bridgehead atoms. The topological polar surface area (TPSA) is 34.1 Å². The van der Waals surface area contributed by atoms with E-state index in [-0.39, 0.29) is 16.7 Å². The van der Waals surface area contributed by atoms with Crippen molar-refractivity contribution in [3.05, 3.63) is 11.6 Å². The van der Waals surface area contributed by atoms with E-state index in [0.29, 0.717) is 35.7 Å². The number of Topliss-reactive ketones (excluding diaryl/α,β-unsaturated/α-hetero) is 2. The predicted molar refractivity (Wildman–Crippen MR) is 90.9 cm³/mol. The Morgan fingerprint density at radius 1 is 1.13 bits per heavy atom. The van der Waals surface area contributed by atoms with Gasteiger partial charge in [-0.1, -0.05) is 32.4 Å². The van der Waals surface area contributed by atoms with Gasteiger partial charge in [0.15, 0.2) is 0 Å². The van der Waals surface area contributed by atoms with Crippen LogP contribution in [0.1, 0.15) is 72.1 Å². The number of ketones is 2. The van der Waals surface area contributed by atoms with Gasteiger partial charge in [-0.2, -0.15) is 0 Å². The molecule has 2 heteroatoms. The Morgan fingerprint density at radius 2 is 1.87 bits per heavy atom. The number of carbonyl (C=O) groups is 2. The minimum absolute atomic E-state index is 0.0441. The first-order valence-corrected chi connectivity index (χ1v) is 9.65. The molecule has 0 radical (unpaired) electrons. The second-order valence-corrected chi connectivity index (χ2v) is 9.13. The highest BCUT2D eigenvalue weighted by Crippen LogP contribution is 2.64. The van der Waals surface area contributed by atoms with Gasteiger partial charge in [0.2, 0.25) is 0 Å². The van der Waals surface area contributed by atoms with Crippen molar-refractivity contribution in [3.8, 4) is 0 Å². The molecule has 23 heavy (non-hydrogen) atoms. The maximum atomic E-state index is 12.4. The zero-order valence-corrected chi connectivity index (χ0v) is 14.9. The van der Waals surface area contributed by atoms with E-state index in [1.54, 1.807) is 0 Å². The van der Waals surface area contributed by atoms with Gasteiger partial charge >= 0.3 is 0 Å². The first-order valence-electron chi connectivity index (χ1n) is 9.65. The maximum Gasteiger partial charge on any atom is 0.140 e. The molecule has 1 unspecified atom stereocenters. The lowest BCUT2D eigenvalue weighted by molar-refractivity contribution is -0.133. The lowest BCUT2D eigenvalue weighted by atomic mass is 9.47. The number of rotatable bonds is 1. The molecule has 0 aromatic rings. The maximum absolute atomic E-state index is 12.4. The van der Waals surface area contributed by atoms with Crippen molar-refractivity contribution in [1.29, 1.82) is 0 Å². The van der Waals surface area contributed by atoms with Crippen LogP contribution in [0, 0.1) is 34.5 Å². The molecule has 0 heterocycles. The summed E-state index contributed by atoms with van der Waals surface area (Å²) < 4.78 is 0. The van der Waals surface area contributed by atoms with Crippen LogP contribution >= 0.6 is 0 Å².